The topological polar surface area (TPSA) is 51.0 Å². The molecule has 1 aliphatic carbocycles. The maximum absolute atomic E-state index is 5.31. The van der Waals surface area contributed by atoms with E-state index in [9.17, 15) is 0 Å². The molecule has 0 amide bonds. The first-order valence-electron chi connectivity index (χ1n) is 7.70. The molecule has 1 heterocycles. The fraction of sp³-hybridized carbons (Fsp3) is 0.529. The third kappa shape index (κ3) is 3.26. The van der Waals surface area contributed by atoms with Gasteiger partial charge in [0.25, 0.3) is 5.89 Å². The molecule has 0 spiro atoms. The maximum atomic E-state index is 5.31. The van der Waals surface area contributed by atoms with E-state index in [-0.39, 0.29) is 0 Å². The Morgan fingerprint density at radius 2 is 1.90 bits per heavy atom. The van der Waals surface area contributed by atoms with E-state index in [4.69, 9.17) is 4.52 Å². The van der Waals surface area contributed by atoms with Crippen LogP contribution in [0.1, 0.15) is 45.4 Å². The summed E-state index contributed by atoms with van der Waals surface area (Å²) in [6, 6.07) is 8.70. The summed E-state index contributed by atoms with van der Waals surface area (Å²) in [4.78, 5) is 4.34. The molecule has 21 heavy (non-hydrogen) atoms. The lowest BCUT2D eigenvalue weighted by molar-refractivity contribution is 0.232. The van der Waals surface area contributed by atoms with E-state index in [1.54, 1.807) is 0 Å². The summed E-state index contributed by atoms with van der Waals surface area (Å²) in [5.41, 5.74) is 2.56. The predicted octanol–water partition coefficient (Wildman–Crippen LogP) is 4.43. The molecule has 1 N–H and O–H groups in total. The van der Waals surface area contributed by atoms with Gasteiger partial charge in [-0.15, -0.1) is 0 Å². The highest BCUT2D eigenvalue weighted by Gasteiger charge is 2.27. The minimum atomic E-state index is 0.487. The van der Waals surface area contributed by atoms with Crippen molar-refractivity contribution < 1.29 is 4.52 Å². The van der Waals surface area contributed by atoms with Gasteiger partial charge in [0, 0.05) is 11.7 Å². The third-order valence-corrected chi connectivity index (χ3v) is 4.38. The van der Waals surface area contributed by atoms with Crippen LogP contribution in [0.2, 0.25) is 0 Å². The first-order valence-corrected chi connectivity index (χ1v) is 7.70. The highest BCUT2D eigenvalue weighted by molar-refractivity contribution is 5.72. The van der Waals surface area contributed by atoms with Crippen LogP contribution < -0.4 is 5.32 Å². The largest absolute Gasteiger partial charge is 0.382 e. The normalized spacial score (nSPS) is 18.6. The minimum absolute atomic E-state index is 0.487. The van der Waals surface area contributed by atoms with Crippen molar-refractivity contribution in [2.45, 2.75) is 52.5 Å². The van der Waals surface area contributed by atoms with Crippen molar-refractivity contribution in [1.29, 1.82) is 0 Å². The molecule has 3 rings (SSSR count). The van der Waals surface area contributed by atoms with Crippen LogP contribution in [0, 0.1) is 12.3 Å². The lowest BCUT2D eigenvalue weighted by Crippen LogP contribution is -2.30. The molecule has 1 aromatic carbocycles. The Kier molecular flexibility index (Phi) is 3.70. The molecule has 0 unspecified atom stereocenters. The molecule has 0 saturated heterocycles. The molecular weight excluding hydrogens is 262 g/mol. The van der Waals surface area contributed by atoms with Crippen molar-refractivity contribution in [3.05, 3.63) is 30.1 Å². The molecule has 4 heteroatoms. The quantitative estimate of drug-likeness (QED) is 0.906. The molecule has 2 aromatic rings. The zero-order chi connectivity index (χ0) is 14.9. The van der Waals surface area contributed by atoms with Gasteiger partial charge in [-0.1, -0.05) is 31.1 Å². The second-order valence-electron chi connectivity index (χ2n) is 6.78. The van der Waals surface area contributed by atoms with Gasteiger partial charge in [-0.3, -0.25) is 0 Å². The molecule has 1 fully saturated rings. The van der Waals surface area contributed by atoms with E-state index in [1.807, 2.05) is 25.1 Å². The minimum Gasteiger partial charge on any atom is -0.382 e. The van der Waals surface area contributed by atoms with Crippen LogP contribution in [0.25, 0.3) is 11.5 Å². The van der Waals surface area contributed by atoms with Gasteiger partial charge < -0.3 is 9.84 Å². The Labute approximate surface area is 126 Å². The molecule has 4 nitrogen and oxygen atoms in total. The third-order valence-electron chi connectivity index (χ3n) is 4.38. The second kappa shape index (κ2) is 5.51. The lowest BCUT2D eigenvalue weighted by atomic mass is 9.75. The van der Waals surface area contributed by atoms with Gasteiger partial charge in [0.05, 0.1) is 5.56 Å². The number of para-hydroxylation sites is 1. The number of aromatic nitrogens is 2. The molecule has 0 bridgehead atoms. The lowest BCUT2D eigenvalue weighted by Gasteiger charge is -2.35. The fourth-order valence-corrected chi connectivity index (χ4v) is 2.97. The number of nitrogens with one attached hydrogen (secondary N) is 1. The summed E-state index contributed by atoms with van der Waals surface area (Å²) in [5.74, 6) is 1.26. The average molecular weight is 285 g/mol. The Morgan fingerprint density at radius 3 is 2.57 bits per heavy atom. The molecule has 1 aliphatic rings. The zero-order valence-electron chi connectivity index (χ0n) is 13.0. The summed E-state index contributed by atoms with van der Waals surface area (Å²) in [6.45, 7) is 6.56. The summed E-state index contributed by atoms with van der Waals surface area (Å²) in [6.07, 6.45) is 4.97. The molecule has 1 aromatic heterocycles. The Bertz CT molecular complexity index is 608. The predicted molar refractivity (Wildman–Crippen MR) is 84.1 cm³/mol. The number of benzene rings is 1. The van der Waals surface area contributed by atoms with Crippen molar-refractivity contribution in [2.24, 2.45) is 5.41 Å². The van der Waals surface area contributed by atoms with E-state index in [0.717, 1.165) is 11.3 Å². The summed E-state index contributed by atoms with van der Waals surface area (Å²) in [5, 5.41) is 7.55. The van der Waals surface area contributed by atoms with Crippen molar-refractivity contribution in [2.75, 3.05) is 5.32 Å². The van der Waals surface area contributed by atoms with E-state index >= 15 is 0 Å². The monoisotopic (exact) mass is 285 g/mol. The van der Waals surface area contributed by atoms with Gasteiger partial charge in [-0.05, 0) is 50.2 Å². The standard InChI is InChI=1S/C17H23N3O/c1-12-18-16(21-20-12)14-6-4-5-7-15(14)19-13-8-10-17(2,3)11-9-13/h4-7,13,19H,8-11H2,1-3H3. The van der Waals surface area contributed by atoms with Gasteiger partial charge in [-0.25, -0.2) is 0 Å². The molecule has 0 aliphatic heterocycles. The van der Waals surface area contributed by atoms with Crippen LogP contribution in [0.5, 0.6) is 0 Å². The summed E-state index contributed by atoms with van der Waals surface area (Å²) < 4.78 is 5.31. The zero-order valence-corrected chi connectivity index (χ0v) is 13.0. The van der Waals surface area contributed by atoms with Crippen LogP contribution in [-0.4, -0.2) is 16.2 Å². The van der Waals surface area contributed by atoms with Crippen LogP contribution in [-0.2, 0) is 0 Å². The van der Waals surface area contributed by atoms with E-state index in [2.05, 4.69) is 35.4 Å². The SMILES string of the molecule is Cc1noc(-c2ccccc2NC2CCC(C)(C)CC2)n1. The van der Waals surface area contributed by atoms with Crippen LogP contribution >= 0.6 is 0 Å². The van der Waals surface area contributed by atoms with Gasteiger partial charge in [-0.2, -0.15) is 4.98 Å². The Balaban J connectivity index is 1.77. The van der Waals surface area contributed by atoms with Crippen molar-refractivity contribution in [1.82, 2.24) is 10.1 Å². The molecular formula is C17H23N3O. The van der Waals surface area contributed by atoms with E-state index in [1.165, 1.54) is 25.7 Å². The highest BCUT2D eigenvalue weighted by atomic mass is 16.5. The van der Waals surface area contributed by atoms with Crippen molar-refractivity contribution in [3.63, 3.8) is 0 Å². The average Bonchev–Trinajstić information content (AvgIpc) is 2.88. The van der Waals surface area contributed by atoms with Gasteiger partial charge in [0.15, 0.2) is 5.82 Å². The van der Waals surface area contributed by atoms with Crippen LogP contribution in [0.4, 0.5) is 5.69 Å². The number of anilines is 1. The number of hydrogen-bond donors (Lipinski definition) is 1. The molecule has 0 atom stereocenters. The van der Waals surface area contributed by atoms with Gasteiger partial charge in [0.1, 0.15) is 0 Å². The first kappa shape index (κ1) is 14.1. The molecule has 1 saturated carbocycles. The Morgan fingerprint density at radius 1 is 1.19 bits per heavy atom. The second-order valence-corrected chi connectivity index (χ2v) is 6.78. The number of rotatable bonds is 3. The van der Waals surface area contributed by atoms with Crippen molar-refractivity contribution >= 4 is 5.69 Å². The van der Waals surface area contributed by atoms with Crippen LogP contribution in [0.15, 0.2) is 28.8 Å². The van der Waals surface area contributed by atoms with E-state index < -0.39 is 0 Å². The van der Waals surface area contributed by atoms with E-state index in [0.29, 0.717) is 23.2 Å². The molecule has 112 valence electrons. The number of aryl methyl sites for hydroxylation is 1. The maximum Gasteiger partial charge on any atom is 0.260 e. The number of hydrogen-bond acceptors (Lipinski definition) is 4. The van der Waals surface area contributed by atoms with Gasteiger partial charge >= 0.3 is 0 Å². The smallest absolute Gasteiger partial charge is 0.260 e. The summed E-state index contributed by atoms with van der Waals surface area (Å²) in [7, 11) is 0. The van der Waals surface area contributed by atoms with Gasteiger partial charge in [0.2, 0.25) is 0 Å². The van der Waals surface area contributed by atoms with Crippen LogP contribution in [0.3, 0.4) is 0 Å². The first-order chi connectivity index (χ1) is 10.0. The highest BCUT2D eigenvalue weighted by Crippen LogP contribution is 2.37. The Hall–Kier alpha value is -1.84. The fourth-order valence-electron chi connectivity index (χ4n) is 2.97. The summed E-state index contributed by atoms with van der Waals surface area (Å²) >= 11 is 0. The number of nitrogens with zero attached hydrogens (tertiary/aromatic N) is 2. The molecule has 0 radical (unpaired) electrons. The van der Waals surface area contributed by atoms with Crippen molar-refractivity contribution in [3.8, 4) is 11.5 Å².